The Balaban J connectivity index is 4.41. The van der Waals surface area contributed by atoms with Gasteiger partial charge in [-0.25, -0.2) is 0 Å². The number of rotatable bonds is 51. The van der Waals surface area contributed by atoms with Crippen LogP contribution in [0.3, 0.4) is 0 Å². The van der Waals surface area contributed by atoms with Crippen molar-refractivity contribution in [3.05, 3.63) is 0 Å². The van der Waals surface area contributed by atoms with Crippen molar-refractivity contribution in [3.8, 4) is 0 Å². The fourth-order valence-electron chi connectivity index (χ4n) is 9.62. The second-order valence-corrected chi connectivity index (χ2v) is 23.9. The van der Waals surface area contributed by atoms with Crippen molar-refractivity contribution < 1.29 is 0 Å². The van der Waals surface area contributed by atoms with Gasteiger partial charge < -0.3 is 0 Å². The summed E-state index contributed by atoms with van der Waals surface area (Å²) in [4.78, 5) is 0. The molecule has 0 aromatic carbocycles. The van der Waals surface area contributed by atoms with E-state index in [1.54, 1.807) is 43.9 Å². The Morgan fingerprint density at radius 2 is 0.268 bits per heavy atom. The molecule has 338 valence electrons. The molecule has 1 heteroatoms. The predicted molar refractivity (Wildman–Crippen MR) is 266 cm³/mol. The quantitative estimate of drug-likeness (QED) is 0.0424. The van der Waals surface area contributed by atoms with Crippen molar-refractivity contribution in [2.75, 3.05) is 24.6 Å². The summed E-state index contributed by atoms with van der Waals surface area (Å²) in [5.74, 6) is 0. The minimum Gasteiger partial charge on any atom is -0.0654 e. The second-order valence-electron chi connectivity index (χ2n) is 19.4. The van der Waals surface area contributed by atoms with Gasteiger partial charge in [0.25, 0.3) is 0 Å². The first-order chi connectivity index (χ1) is 27.7. The van der Waals surface area contributed by atoms with Crippen LogP contribution in [0.15, 0.2) is 0 Å². The summed E-state index contributed by atoms with van der Waals surface area (Å²) in [7, 11) is -0.772. The van der Waals surface area contributed by atoms with E-state index in [0.29, 0.717) is 0 Å². The third kappa shape index (κ3) is 44.0. The van der Waals surface area contributed by atoms with Gasteiger partial charge in [0.2, 0.25) is 0 Å². The first-order valence-corrected chi connectivity index (χ1v) is 30.1. The highest BCUT2D eigenvalue weighted by Crippen LogP contribution is 2.61. The topological polar surface area (TPSA) is 0 Å². The Hall–Kier alpha value is 0.430. The lowest BCUT2D eigenvalue weighted by atomic mass is 10.0. The van der Waals surface area contributed by atoms with Crippen molar-refractivity contribution in [1.29, 1.82) is 0 Å². The lowest BCUT2D eigenvalue weighted by molar-refractivity contribution is 0.533. The van der Waals surface area contributed by atoms with E-state index < -0.39 is 7.26 Å². The standard InChI is InChI=1S/C55H114P/c1-5-9-13-16-19-22-25-28-31-34-37-40-43-46-49-53-56(52-12-8-4,54-50-47-44-41-38-35-32-29-26-23-20-17-14-10-6-2)55-51-48-45-42-39-36-33-30-27-24-21-18-15-11-7-3/h5-55H2,1-4H3/q+1. The van der Waals surface area contributed by atoms with Crippen LogP contribution in [0.2, 0.25) is 0 Å². The molecule has 0 saturated heterocycles. The summed E-state index contributed by atoms with van der Waals surface area (Å²) in [6, 6.07) is 0. The van der Waals surface area contributed by atoms with Gasteiger partial charge in [-0.1, -0.05) is 285 Å². The average molecular weight is 806 g/mol. The largest absolute Gasteiger partial charge is 0.0654 e. The molecule has 0 aliphatic heterocycles. The van der Waals surface area contributed by atoms with Gasteiger partial charge in [0.1, 0.15) is 0 Å². The third-order valence-corrected chi connectivity index (χ3v) is 18.8. The fourth-order valence-corrected chi connectivity index (χ4v) is 14.6. The van der Waals surface area contributed by atoms with E-state index >= 15 is 0 Å². The summed E-state index contributed by atoms with van der Waals surface area (Å²) in [6.07, 6.45) is 76.6. The lowest BCUT2D eigenvalue weighted by Gasteiger charge is -2.28. The first-order valence-electron chi connectivity index (χ1n) is 27.6. The molecule has 0 bridgehead atoms. The number of hydrogen-bond acceptors (Lipinski definition) is 0. The molecule has 0 radical (unpaired) electrons. The smallest absolute Gasteiger partial charge is 0.0594 e. The summed E-state index contributed by atoms with van der Waals surface area (Å²) < 4.78 is 0. The normalized spacial score (nSPS) is 12.0. The van der Waals surface area contributed by atoms with Gasteiger partial charge in [-0.05, 0) is 44.9 Å². The molecule has 0 heterocycles. The van der Waals surface area contributed by atoms with Crippen LogP contribution >= 0.6 is 7.26 Å². The molecule has 0 spiro atoms. The molecule has 0 N–H and O–H groups in total. The van der Waals surface area contributed by atoms with E-state index in [1.165, 1.54) is 283 Å². The van der Waals surface area contributed by atoms with Crippen molar-refractivity contribution in [3.63, 3.8) is 0 Å². The molecule has 0 aliphatic carbocycles. The summed E-state index contributed by atoms with van der Waals surface area (Å²) in [5.41, 5.74) is 0. The minimum absolute atomic E-state index is 0.772. The van der Waals surface area contributed by atoms with E-state index in [1.807, 2.05) is 0 Å². The Kier molecular flexibility index (Phi) is 50.2. The van der Waals surface area contributed by atoms with Crippen LogP contribution in [0, 0.1) is 0 Å². The van der Waals surface area contributed by atoms with Gasteiger partial charge in [0.15, 0.2) is 0 Å². The zero-order valence-corrected chi connectivity index (χ0v) is 41.4. The minimum atomic E-state index is -0.772. The maximum absolute atomic E-state index is 2.46. The molecule has 0 amide bonds. The van der Waals surface area contributed by atoms with E-state index in [4.69, 9.17) is 0 Å². The molecule has 0 aromatic heterocycles. The van der Waals surface area contributed by atoms with Crippen LogP contribution in [0.25, 0.3) is 0 Å². The van der Waals surface area contributed by atoms with Gasteiger partial charge in [0, 0.05) is 7.26 Å². The van der Waals surface area contributed by atoms with Gasteiger partial charge in [-0.3, -0.25) is 0 Å². The Morgan fingerprint density at radius 3 is 0.429 bits per heavy atom. The molecule has 0 atom stereocenters. The lowest BCUT2D eigenvalue weighted by Crippen LogP contribution is -2.13. The molecule has 0 aromatic rings. The van der Waals surface area contributed by atoms with E-state index in [-0.39, 0.29) is 0 Å². The zero-order chi connectivity index (χ0) is 40.6. The maximum Gasteiger partial charge on any atom is 0.0594 e. The van der Waals surface area contributed by atoms with Crippen LogP contribution in [0.1, 0.15) is 329 Å². The molecule has 0 fully saturated rings. The molecular weight excluding hydrogens is 692 g/mol. The molecule has 0 nitrogen and oxygen atoms in total. The molecule has 0 saturated carbocycles. The second kappa shape index (κ2) is 49.8. The van der Waals surface area contributed by atoms with E-state index in [2.05, 4.69) is 27.7 Å². The molecule has 0 aliphatic rings. The summed E-state index contributed by atoms with van der Waals surface area (Å²) in [6.45, 7) is 9.44. The maximum atomic E-state index is 2.46. The van der Waals surface area contributed by atoms with Crippen molar-refractivity contribution in [2.45, 2.75) is 329 Å². The molecule has 0 rings (SSSR count). The fraction of sp³-hybridized carbons (Fsp3) is 1.00. The van der Waals surface area contributed by atoms with Gasteiger partial charge in [-0.2, -0.15) is 0 Å². The molecule has 0 unspecified atom stereocenters. The van der Waals surface area contributed by atoms with Crippen LogP contribution in [0.4, 0.5) is 0 Å². The molecular formula is C55H114P+. The zero-order valence-electron chi connectivity index (χ0n) is 40.5. The van der Waals surface area contributed by atoms with Crippen LogP contribution < -0.4 is 0 Å². The van der Waals surface area contributed by atoms with Crippen LogP contribution in [-0.2, 0) is 0 Å². The Bertz CT molecular complexity index is 587. The third-order valence-electron chi connectivity index (χ3n) is 13.7. The Labute approximate surface area is 360 Å². The van der Waals surface area contributed by atoms with E-state index in [9.17, 15) is 0 Å². The Morgan fingerprint density at radius 1 is 0.143 bits per heavy atom. The van der Waals surface area contributed by atoms with Crippen molar-refractivity contribution >= 4 is 7.26 Å². The highest BCUT2D eigenvalue weighted by Gasteiger charge is 2.34. The SMILES string of the molecule is CCCCCCCCCCCCCCCCC[P+](CCCC)(CCCCCCCCCCCCCCCCC)CCCCCCCCCCCCCCCCC. The average Bonchev–Trinajstić information content (AvgIpc) is 3.21. The first kappa shape index (κ1) is 56.4. The summed E-state index contributed by atoms with van der Waals surface area (Å²) in [5, 5.41) is 0. The highest BCUT2D eigenvalue weighted by atomic mass is 31.2. The highest BCUT2D eigenvalue weighted by molar-refractivity contribution is 7.75. The monoisotopic (exact) mass is 806 g/mol. The van der Waals surface area contributed by atoms with Gasteiger partial charge >= 0.3 is 0 Å². The van der Waals surface area contributed by atoms with Crippen LogP contribution in [0.5, 0.6) is 0 Å². The van der Waals surface area contributed by atoms with Gasteiger partial charge in [-0.15, -0.1) is 0 Å². The van der Waals surface area contributed by atoms with Crippen molar-refractivity contribution in [1.82, 2.24) is 0 Å². The van der Waals surface area contributed by atoms with Crippen LogP contribution in [-0.4, -0.2) is 24.6 Å². The van der Waals surface area contributed by atoms with Gasteiger partial charge in [0.05, 0.1) is 24.6 Å². The predicted octanol–water partition coefficient (Wildman–Crippen LogP) is 21.4. The molecule has 56 heavy (non-hydrogen) atoms. The summed E-state index contributed by atoms with van der Waals surface area (Å²) >= 11 is 0. The number of unbranched alkanes of at least 4 members (excludes halogenated alkanes) is 43. The van der Waals surface area contributed by atoms with Crippen molar-refractivity contribution in [2.24, 2.45) is 0 Å². The van der Waals surface area contributed by atoms with E-state index in [0.717, 1.165) is 0 Å². The number of hydrogen-bond donors (Lipinski definition) is 0.